The van der Waals surface area contributed by atoms with Crippen molar-refractivity contribution in [1.82, 2.24) is 9.55 Å². The van der Waals surface area contributed by atoms with Crippen LogP contribution in [0.1, 0.15) is 18.2 Å². The molecule has 0 aliphatic carbocycles. The molecule has 0 saturated carbocycles. The predicted molar refractivity (Wildman–Crippen MR) is 49.2 cm³/mol. The van der Waals surface area contributed by atoms with Crippen LogP contribution in [0, 0.1) is 11.3 Å². The third-order valence-electron chi connectivity index (χ3n) is 1.83. The van der Waals surface area contributed by atoms with Gasteiger partial charge in [0.15, 0.2) is 6.10 Å². The average Bonchev–Trinajstić information content (AvgIpc) is 2.60. The number of nitriles is 1. The summed E-state index contributed by atoms with van der Waals surface area (Å²) in [5, 5.41) is 17.4. The van der Waals surface area contributed by atoms with Gasteiger partial charge in [-0.2, -0.15) is 5.26 Å². The van der Waals surface area contributed by atoms with Crippen molar-refractivity contribution in [2.45, 2.75) is 12.5 Å². The van der Waals surface area contributed by atoms with Crippen LogP contribution < -0.4 is 0 Å². The summed E-state index contributed by atoms with van der Waals surface area (Å²) in [5.74, 6) is 0. The number of rotatable bonds is 5. The molecule has 76 valence electrons. The van der Waals surface area contributed by atoms with Gasteiger partial charge in [-0.25, -0.2) is 4.98 Å². The molecule has 0 aliphatic heterocycles. The molecule has 1 heterocycles. The lowest BCUT2D eigenvalue weighted by Crippen LogP contribution is -2.08. The largest absolute Gasteiger partial charge is 0.396 e. The summed E-state index contributed by atoms with van der Waals surface area (Å²) in [7, 11) is 1.81. The Bertz CT molecular complexity index is 316. The van der Waals surface area contributed by atoms with Crippen LogP contribution in [0.3, 0.4) is 0 Å². The van der Waals surface area contributed by atoms with Gasteiger partial charge in [-0.3, -0.25) is 0 Å². The number of imidazole rings is 1. The van der Waals surface area contributed by atoms with Crippen LogP contribution in [0.25, 0.3) is 0 Å². The van der Waals surface area contributed by atoms with Crippen molar-refractivity contribution >= 4 is 0 Å². The Morgan fingerprint density at radius 2 is 2.57 bits per heavy atom. The fourth-order valence-corrected chi connectivity index (χ4v) is 1.07. The van der Waals surface area contributed by atoms with E-state index in [2.05, 4.69) is 4.98 Å². The molecule has 1 aromatic heterocycles. The number of nitrogens with zero attached hydrogens (tertiary/aromatic N) is 3. The molecule has 0 radical (unpaired) electrons. The van der Waals surface area contributed by atoms with Gasteiger partial charge in [0.1, 0.15) is 6.07 Å². The van der Waals surface area contributed by atoms with Crippen LogP contribution in [0.2, 0.25) is 0 Å². The molecule has 0 fully saturated rings. The van der Waals surface area contributed by atoms with Gasteiger partial charge in [0, 0.05) is 13.7 Å². The van der Waals surface area contributed by atoms with Gasteiger partial charge in [-0.1, -0.05) is 0 Å². The molecule has 0 aromatic carbocycles. The quantitative estimate of drug-likeness (QED) is 0.689. The minimum Gasteiger partial charge on any atom is -0.396 e. The van der Waals surface area contributed by atoms with E-state index in [-0.39, 0.29) is 6.61 Å². The average molecular weight is 195 g/mol. The summed E-state index contributed by atoms with van der Waals surface area (Å²) in [6.07, 6.45) is 3.16. The maximum Gasteiger partial charge on any atom is 0.185 e. The lowest BCUT2D eigenvalue weighted by molar-refractivity contribution is 0.0733. The molecule has 0 bridgehead atoms. The number of aliphatic hydroxyl groups excluding tert-OH is 1. The lowest BCUT2D eigenvalue weighted by Gasteiger charge is -2.10. The second-order valence-electron chi connectivity index (χ2n) is 2.89. The summed E-state index contributed by atoms with van der Waals surface area (Å²) in [6, 6.07) is 2.04. The number of aliphatic hydroxyl groups is 1. The molecule has 1 rings (SSSR count). The molecule has 1 unspecified atom stereocenters. The SMILES string of the molecule is Cn1cncc1C(C#N)OCCCO. The van der Waals surface area contributed by atoms with E-state index in [1.807, 2.05) is 13.1 Å². The Morgan fingerprint density at radius 1 is 1.79 bits per heavy atom. The Morgan fingerprint density at radius 3 is 3.07 bits per heavy atom. The van der Waals surface area contributed by atoms with Crippen LogP contribution >= 0.6 is 0 Å². The van der Waals surface area contributed by atoms with E-state index in [0.29, 0.717) is 13.0 Å². The first-order valence-electron chi connectivity index (χ1n) is 4.38. The van der Waals surface area contributed by atoms with Gasteiger partial charge >= 0.3 is 0 Å². The first kappa shape index (κ1) is 10.7. The highest BCUT2D eigenvalue weighted by Crippen LogP contribution is 2.14. The highest BCUT2D eigenvalue weighted by Gasteiger charge is 2.13. The van der Waals surface area contributed by atoms with Gasteiger partial charge in [-0.15, -0.1) is 0 Å². The van der Waals surface area contributed by atoms with Crippen molar-refractivity contribution in [3.05, 3.63) is 18.2 Å². The van der Waals surface area contributed by atoms with E-state index in [0.717, 1.165) is 5.69 Å². The minimum atomic E-state index is -0.603. The summed E-state index contributed by atoms with van der Waals surface area (Å²) < 4.78 is 7.02. The highest BCUT2D eigenvalue weighted by atomic mass is 16.5. The smallest absolute Gasteiger partial charge is 0.185 e. The molecular formula is C9H13N3O2. The van der Waals surface area contributed by atoms with Crippen LogP contribution in [0.5, 0.6) is 0 Å². The zero-order valence-corrected chi connectivity index (χ0v) is 8.05. The molecule has 5 nitrogen and oxygen atoms in total. The lowest BCUT2D eigenvalue weighted by atomic mass is 10.3. The molecule has 1 atom stereocenters. The maximum absolute atomic E-state index is 8.84. The third-order valence-corrected chi connectivity index (χ3v) is 1.83. The molecule has 1 aromatic rings. The van der Waals surface area contributed by atoms with Crippen molar-refractivity contribution in [2.24, 2.45) is 7.05 Å². The minimum absolute atomic E-state index is 0.0730. The Balaban J connectivity index is 2.56. The molecule has 14 heavy (non-hydrogen) atoms. The van der Waals surface area contributed by atoms with Gasteiger partial charge in [-0.05, 0) is 6.42 Å². The van der Waals surface area contributed by atoms with Gasteiger partial charge in [0.25, 0.3) is 0 Å². The van der Waals surface area contributed by atoms with Crippen molar-refractivity contribution in [3.63, 3.8) is 0 Å². The standard InChI is InChI=1S/C9H13N3O2/c1-12-7-11-6-8(12)9(5-10)14-4-2-3-13/h6-7,9,13H,2-4H2,1H3. The monoisotopic (exact) mass is 195 g/mol. The molecule has 1 N–H and O–H groups in total. The van der Waals surface area contributed by atoms with Crippen LogP contribution in [0.15, 0.2) is 12.5 Å². The molecule has 0 aliphatic rings. The number of aryl methyl sites for hydroxylation is 1. The van der Waals surface area contributed by atoms with E-state index in [9.17, 15) is 0 Å². The van der Waals surface area contributed by atoms with Crippen molar-refractivity contribution in [3.8, 4) is 6.07 Å². The fourth-order valence-electron chi connectivity index (χ4n) is 1.07. The molecule has 0 spiro atoms. The van der Waals surface area contributed by atoms with E-state index >= 15 is 0 Å². The number of aromatic nitrogens is 2. The summed E-state index contributed by atoms with van der Waals surface area (Å²) in [4.78, 5) is 3.90. The van der Waals surface area contributed by atoms with Crippen LogP contribution in [0.4, 0.5) is 0 Å². The molecule has 5 heteroatoms. The second kappa shape index (κ2) is 5.37. The fraction of sp³-hybridized carbons (Fsp3) is 0.556. The van der Waals surface area contributed by atoms with Crippen molar-refractivity contribution < 1.29 is 9.84 Å². The third kappa shape index (κ3) is 2.55. The molecule has 0 amide bonds. The van der Waals surface area contributed by atoms with Crippen molar-refractivity contribution in [1.29, 1.82) is 5.26 Å². The highest BCUT2D eigenvalue weighted by molar-refractivity contribution is 5.10. The Hall–Kier alpha value is -1.38. The zero-order valence-electron chi connectivity index (χ0n) is 8.05. The van der Waals surface area contributed by atoms with E-state index in [1.54, 1.807) is 17.1 Å². The summed E-state index contributed by atoms with van der Waals surface area (Å²) in [6.45, 7) is 0.448. The van der Waals surface area contributed by atoms with E-state index in [1.165, 1.54) is 0 Å². The first-order chi connectivity index (χ1) is 6.79. The maximum atomic E-state index is 8.84. The van der Waals surface area contributed by atoms with Gasteiger partial charge < -0.3 is 14.4 Å². The Labute approximate surface area is 82.6 Å². The number of hydrogen-bond donors (Lipinski definition) is 1. The normalized spacial score (nSPS) is 12.4. The topological polar surface area (TPSA) is 71.1 Å². The zero-order chi connectivity index (χ0) is 10.4. The van der Waals surface area contributed by atoms with Gasteiger partial charge in [0.05, 0.1) is 24.8 Å². The van der Waals surface area contributed by atoms with Crippen LogP contribution in [-0.4, -0.2) is 27.9 Å². The van der Waals surface area contributed by atoms with Crippen LogP contribution in [-0.2, 0) is 11.8 Å². The predicted octanol–water partition coefficient (Wildman–Crippen LogP) is 0.384. The first-order valence-corrected chi connectivity index (χ1v) is 4.38. The summed E-state index contributed by atoms with van der Waals surface area (Å²) in [5.41, 5.74) is 0.727. The summed E-state index contributed by atoms with van der Waals surface area (Å²) >= 11 is 0. The van der Waals surface area contributed by atoms with Crippen molar-refractivity contribution in [2.75, 3.05) is 13.2 Å². The van der Waals surface area contributed by atoms with E-state index < -0.39 is 6.10 Å². The number of hydrogen-bond acceptors (Lipinski definition) is 4. The molecule has 0 saturated heterocycles. The Kier molecular flexibility index (Phi) is 4.11. The number of ether oxygens (including phenoxy) is 1. The molecular weight excluding hydrogens is 182 g/mol. The second-order valence-corrected chi connectivity index (χ2v) is 2.89. The van der Waals surface area contributed by atoms with E-state index in [4.69, 9.17) is 15.1 Å². The van der Waals surface area contributed by atoms with Gasteiger partial charge in [0.2, 0.25) is 0 Å².